The molecule has 0 amide bonds. The monoisotopic (exact) mass is 439 g/mol. The molecule has 1 heterocycles. The van der Waals surface area contributed by atoms with Gasteiger partial charge in [0.1, 0.15) is 5.82 Å². The van der Waals surface area contributed by atoms with E-state index in [0.29, 0.717) is 10.8 Å². The van der Waals surface area contributed by atoms with E-state index in [1.54, 1.807) is 19.2 Å². The third-order valence-electron chi connectivity index (χ3n) is 3.69. The molecule has 130 valence electrons. The normalized spacial score (nSPS) is 11.5. The lowest BCUT2D eigenvalue weighted by molar-refractivity contribution is 0.600. The molecule has 0 saturated carbocycles. The van der Waals surface area contributed by atoms with Crippen LogP contribution >= 0.6 is 27.5 Å². The fraction of sp³-hybridized carbons (Fsp3) is 0.118. The average molecular weight is 441 g/mol. The molecule has 0 bridgehead atoms. The van der Waals surface area contributed by atoms with Crippen LogP contribution in [0.2, 0.25) is 5.02 Å². The fourth-order valence-electron chi connectivity index (χ4n) is 2.56. The van der Waals surface area contributed by atoms with Crippen LogP contribution < -0.4 is 4.72 Å². The summed E-state index contributed by atoms with van der Waals surface area (Å²) in [7, 11) is -2.09. The van der Waals surface area contributed by atoms with Crippen LogP contribution in [0.25, 0.3) is 11.1 Å². The second-order valence-corrected chi connectivity index (χ2v) is 8.54. The molecule has 25 heavy (non-hydrogen) atoms. The predicted molar refractivity (Wildman–Crippen MR) is 103 cm³/mol. The van der Waals surface area contributed by atoms with Crippen molar-refractivity contribution in [2.45, 2.75) is 11.8 Å². The molecular formula is C17H15BrClN3O2S. The van der Waals surface area contributed by atoms with E-state index in [4.69, 9.17) is 11.6 Å². The maximum atomic E-state index is 12.7. The van der Waals surface area contributed by atoms with Crippen molar-refractivity contribution >= 4 is 43.4 Å². The lowest BCUT2D eigenvalue weighted by Gasteiger charge is -2.11. The summed E-state index contributed by atoms with van der Waals surface area (Å²) in [6.45, 7) is 1.84. The Hall–Kier alpha value is -1.83. The molecule has 2 aromatic carbocycles. The van der Waals surface area contributed by atoms with E-state index in [1.807, 2.05) is 31.2 Å². The van der Waals surface area contributed by atoms with Crippen LogP contribution in [0.5, 0.6) is 0 Å². The Labute approximate surface area is 159 Å². The maximum Gasteiger partial charge on any atom is 0.263 e. The first-order chi connectivity index (χ1) is 11.8. The van der Waals surface area contributed by atoms with Gasteiger partial charge in [-0.3, -0.25) is 9.40 Å². The van der Waals surface area contributed by atoms with Gasteiger partial charge in [-0.1, -0.05) is 45.7 Å². The minimum atomic E-state index is -3.79. The third-order valence-corrected chi connectivity index (χ3v) is 5.79. The number of halogens is 2. The van der Waals surface area contributed by atoms with Crippen LogP contribution in [0.15, 0.2) is 57.9 Å². The topological polar surface area (TPSA) is 64.0 Å². The number of sulfonamides is 1. The van der Waals surface area contributed by atoms with Crippen molar-refractivity contribution in [1.29, 1.82) is 0 Å². The number of rotatable bonds is 4. The Morgan fingerprint density at radius 2 is 1.84 bits per heavy atom. The Kier molecular flexibility index (Phi) is 4.90. The molecule has 0 saturated heterocycles. The van der Waals surface area contributed by atoms with E-state index in [1.165, 1.54) is 16.8 Å². The maximum absolute atomic E-state index is 12.7. The highest BCUT2D eigenvalue weighted by Gasteiger charge is 2.22. The first-order valence-electron chi connectivity index (χ1n) is 7.36. The van der Waals surface area contributed by atoms with E-state index >= 15 is 0 Å². The predicted octanol–water partition coefficient (Wildman–Crippen LogP) is 4.61. The zero-order chi connectivity index (χ0) is 18.2. The van der Waals surface area contributed by atoms with E-state index in [0.717, 1.165) is 21.3 Å². The van der Waals surface area contributed by atoms with Crippen LogP contribution in [-0.2, 0) is 17.1 Å². The fourth-order valence-corrected chi connectivity index (χ4v) is 4.22. The number of nitrogens with zero attached hydrogens (tertiary/aromatic N) is 2. The minimum absolute atomic E-state index is 0.0978. The molecule has 0 fully saturated rings. The average Bonchev–Trinajstić information content (AvgIpc) is 2.82. The zero-order valence-electron chi connectivity index (χ0n) is 13.5. The van der Waals surface area contributed by atoms with Gasteiger partial charge in [0.15, 0.2) is 0 Å². The van der Waals surface area contributed by atoms with E-state index in [-0.39, 0.29) is 4.90 Å². The molecule has 5 nitrogen and oxygen atoms in total. The van der Waals surface area contributed by atoms with Crippen LogP contribution in [-0.4, -0.2) is 18.2 Å². The largest absolute Gasteiger partial charge is 0.263 e. The summed E-state index contributed by atoms with van der Waals surface area (Å²) >= 11 is 9.32. The number of hydrogen-bond acceptors (Lipinski definition) is 3. The molecule has 8 heteroatoms. The highest BCUT2D eigenvalue weighted by Crippen LogP contribution is 2.33. The van der Waals surface area contributed by atoms with E-state index in [9.17, 15) is 8.42 Å². The summed E-state index contributed by atoms with van der Waals surface area (Å²) in [5.41, 5.74) is 2.34. The first kappa shape index (κ1) is 18.0. The zero-order valence-corrected chi connectivity index (χ0v) is 16.7. The van der Waals surface area contributed by atoms with Crippen molar-refractivity contribution < 1.29 is 8.42 Å². The second kappa shape index (κ2) is 6.82. The Balaban J connectivity index is 2.08. The van der Waals surface area contributed by atoms with Crippen molar-refractivity contribution in [2.24, 2.45) is 7.05 Å². The molecular weight excluding hydrogens is 426 g/mol. The molecule has 0 aliphatic rings. The van der Waals surface area contributed by atoms with Crippen molar-refractivity contribution in [1.82, 2.24) is 9.78 Å². The van der Waals surface area contributed by atoms with Gasteiger partial charge in [0.05, 0.1) is 10.6 Å². The van der Waals surface area contributed by atoms with Gasteiger partial charge in [-0.15, -0.1) is 0 Å². The molecule has 1 N–H and O–H groups in total. The number of aromatic nitrogens is 2. The Morgan fingerprint density at radius 1 is 1.16 bits per heavy atom. The van der Waals surface area contributed by atoms with E-state index < -0.39 is 10.0 Å². The highest BCUT2D eigenvalue weighted by atomic mass is 79.9. The standard InChI is InChI=1S/C17H15BrClN3O2S/c1-11-16(12-6-8-13(18)9-7-12)17(22(2)20-11)21-25(23,24)15-5-3-4-14(19)10-15/h3-10,21H,1-2H3. The van der Waals surface area contributed by atoms with Crippen LogP contribution in [0, 0.1) is 6.92 Å². The second-order valence-electron chi connectivity index (χ2n) is 5.50. The quantitative estimate of drug-likeness (QED) is 0.644. The van der Waals surface area contributed by atoms with Gasteiger partial charge in [0.25, 0.3) is 10.0 Å². The molecule has 0 aliphatic carbocycles. The smallest absolute Gasteiger partial charge is 0.263 e. The molecule has 0 spiro atoms. The summed E-state index contributed by atoms with van der Waals surface area (Å²) < 4.78 is 30.6. The number of anilines is 1. The van der Waals surface area contributed by atoms with Crippen molar-refractivity contribution in [3.05, 3.63) is 63.7 Å². The molecule has 0 unspecified atom stereocenters. The van der Waals surface area contributed by atoms with Crippen molar-refractivity contribution in [3.8, 4) is 11.1 Å². The van der Waals surface area contributed by atoms with Crippen LogP contribution in [0.3, 0.4) is 0 Å². The third kappa shape index (κ3) is 3.73. The Morgan fingerprint density at radius 3 is 2.48 bits per heavy atom. The van der Waals surface area contributed by atoms with Gasteiger partial charge < -0.3 is 0 Å². The molecule has 0 radical (unpaired) electrons. The molecule has 1 aromatic heterocycles. The molecule has 3 aromatic rings. The highest BCUT2D eigenvalue weighted by molar-refractivity contribution is 9.10. The Bertz CT molecular complexity index is 1030. The van der Waals surface area contributed by atoms with Gasteiger partial charge in [-0.05, 0) is 42.8 Å². The first-order valence-corrected chi connectivity index (χ1v) is 10.0. The number of aryl methyl sites for hydroxylation is 2. The summed E-state index contributed by atoms with van der Waals surface area (Å²) in [5, 5.41) is 4.72. The van der Waals surface area contributed by atoms with Crippen molar-refractivity contribution in [2.75, 3.05) is 4.72 Å². The van der Waals surface area contributed by atoms with Gasteiger partial charge in [-0.25, -0.2) is 8.42 Å². The SMILES string of the molecule is Cc1nn(C)c(NS(=O)(=O)c2cccc(Cl)c2)c1-c1ccc(Br)cc1. The molecule has 3 rings (SSSR count). The van der Waals surface area contributed by atoms with Gasteiger partial charge >= 0.3 is 0 Å². The summed E-state index contributed by atoms with van der Waals surface area (Å²) in [4.78, 5) is 0.0978. The summed E-state index contributed by atoms with van der Waals surface area (Å²) in [6, 6.07) is 13.7. The van der Waals surface area contributed by atoms with Crippen LogP contribution in [0.4, 0.5) is 5.82 Å². The van der Waals surface area contributed by atoms with E-state index in [2.05, 4.69) is 25.8 Å². The lowest BCUT2D eigenvalue weighted by Crippen LogP contribution is -2.16. The summed E-state index contributed by atoms with van der Waals surface area (Å²) in [5.74, 6) is 0.403. The van der Waals surface area contributed by atoms with Gasteiger partial charge in [0.2, 0.25) is 0 Å². The number of hydrogen-bond donors (Lipinski definition) is 1. The minimum Gasteiger partial charge on any atom is -0.263 e. The van der Waals surface area contributed by atoms with Gasteiger partial charge in [0, 0.05) is 22.1 Å². The van der Waals surface area contributed by atoms with Gasteiger partial charge in [-0.2, -0.15) is 5.10 Å². The molecule has 0 atom stereocenters. The number of nitrogens with one attached hydrogen (secondary N) is 1. The summed E-state index contributed by atoms with van der Waals surface area (Å²) in [6.07, 6.45) is 0. The van der Waals surface area contributed by atoms with Crippen molar-refractivity contribution in [3.63, 3.8) is 0 Å². The van der Waals surface area contributed by atoms with Crippen LogP contribution in [0.1, 0.15) is 5.69 Å². The lowest BCUT2D eigenvalue weighted by atomic mass is 10.1. The molecule has 0 aliphatic heterocycles. The number of benzene rings is 2.